The maximum absolute atomic E-state index is 6.51. The van der Waals surface area contributed by atoms with E-state index in [1.807, 2.05) is 17.4 Å². The summed E-state index contributed by atoms with van der Waals surface area (Å²) < 4.78 is 9.04. The van der Waals surface area contributed by atoms with E-state index in [1.165, 1.54) is 47.5 Å². The summed E-state index contributed by atoms with van der Waals surface area (Å²) >= 11 is 1.85. The molecule has 0 aliphatic rings. The first-order valence-corrected chi connectivity index (χ1v) is 15.3. The summed E-state index contributed by atoms with van der Waals surface area (Å²) in [5, 5.41) is 7.26. The van der Waals surface area contributed by atoms with Crippen molar-refractivity contribution in [1.82, 2.24) is 0 Å². The normalized spacial score (nSPS) is 11.7. The smallest absolute Gasteiger partial charge is 0.143 e. The van der Waals surface area contributed by atoms with Crippen LogP contribution in [-0.2, 0) is 0 Å². The van der Waals surface area contributed by atoms with Crippen molar-refractivity contribution in [3.63, 3.8) is 0 Å². The average Bonchev–Trinajstić information content (AvgIpc) is 3.64. The standard InChI is InChI=1S/C40H25NOS/c1-3-9-26(10-4-1)27-15-19-30(20-16-27)41(29-11-5-2-6-12-29)31-21-23-34-37(25-31)43-36-24-18-28-17-22-33-32-13-7-8-14-35(32)42-40(33)38(28)39(34)36/h1-25H. The first-order chi connectivity index (χ1) is 21.3. The van der Waals surface area contributed by atoms with Crippen LogP contribution in [0.25, 0.3) is 64.0 Å². The molecule has 0 spiro atoms. The predicted octanol–water partition coefficient (Wildman–Crippen LogP) is 12.2. The third kappa shape index (κ3) is 3.86. The third-order valence-corrected chi connectivity index (χ3v) is 9.57. The fraction of sp³-hybridized carbons (Fsp3) is 0. The SMILES string of the molecule is c1ccc(-c2ccc(N(c3ccccc3)c3ccc4c(c3)sc3ccc5ccc6c7ccccc7oc6c5c34)cc2)cc1. The number of furan rings is 1. The number of hydrogen-bond acceptors (Lipinski definition) is 3. The quantitative estimate of drug-likeness (QED) is 0.210. The molecule has 0 bridgehead atoms. The van der Waals surface area contributed by atoms with Gasteiger partial charge in [-0.3, -0.25) is 0 Å². The van der Waals surface area contributed by atoms with Crippen molar-refractivity contribution in [3.05, 3.63) is 152 Å². The molecule has 0 N–H and O–H groups in total. The number of para-hydroxylation sites is 2. The van der Waals surface area contributed by atoms with Gasteiger partial charge in [-0.05, 0) is 71.1 Å². The summed E-state index contributed by atoms with van der Waals surface area (Å²) in [6.45, 7) is 0. The zero-order valence-electron chi connectivity index (χ0n) is 23.2. The van der Waals surface area contributed by atoms with Gasteiger partial charge in [0.2, 0.25) is 0 Å². The van der Waals surface area contributed by atoms with Gasteiger partial charge >= 0.3 is 0 Å². The van der Waals surface area contributed by atoms with E-state index >= 15 is 0 Å². The Kier molecular flexibility index (Phi) is 5.40. The number of rotatable bonds is 4. The molecule has 9 rings (SSSR count). The highest BCUT2D eigenvalue weighted by Crippen LogP contribution is 2.45. The molecule has 7 aromatic carbocycles. The van der Waals surface area contributed by atoms with Crippen molar-refractivity contribution in [1.29, 1.82) is 0 Å². The second-order valence-electron chi connectivity index (χ2n) is 10.9. The molecule has 2 heterocycles. The summed E-state index contributed by atoms with van der Waals surface area (Å²) in [6, 6.07) is 54.1. The molecule has 0 aliphatic carbocycles. The maximum atomic E-state index is 6.51. The van der Waals surface area contributed by atoms with Crippen LogP contribution in [-0.4, -0.2) is 0 Å². The van der Waals surface area contributed by atoms with Crippen molar-refractivity contribution in [2.45, 2.75) is 0 Å². The minimum Gasteiger partial charge on any atom is -0.455 e. The number of thiophene rings is 1. The number of hydrogen-bond donors (Lipinski definition) is 0. The topological polar surface area (TPSA) is 16.4 Å². The Balaban J connectivity index is 1.24. The van der Waals surface area contributed by atoms with Gasteiger partial charge in [-0.25, -0.2) is 0 Å². The highest BCUT2D eigenvalue weighted by molar-refractivity contribution is 7.26. The van der Waals surface area contributed by atoms with Crippen LogP contribution in [0.2, 0.25) is 0 Å². The largest absolute Gasteiger partial charge is 0.455 e. The van der Waals surface area contributed by atoms with Crippen LogP contribution in [0.15, 0.2) is 156 Å². The number of benzene rings is 7. The molecule has 202 valence electrons. The maximum Gasteiger partial charge on any atom is 0.143 e. The van der Waals surface area contributed by atoms with Crippen LogP contribution < -0.4 is 4.90 Å². The Morgan fingerprint density at radius 1 is 0.442 bits per heavy atom. The van der Waals surface area contributed by atoms with Crippen LogP contribution in [0.4, 0.5) is 17.1 Å². The highest BCUT2D eigenvalue weighted by atomic mass is 32.1. The van der Waals surface area contributed by atoms with Gasteiger partial charge in [0.25, 0.3) is 0 Å². The molecular weight excluding hydrogens is 543 g/mol. The molecule has 9 aromatic rings. The van der Waals surface area contributed by atoms with E-state index in [4.69, 9.17) is 4.42 Å². The lowest BCUT2D eigenvalue weighted by Crippen LogP contribution is -2.09. The first kappa shape index (κ1) is 24.2. The molecule has 0 saturated carbocycles. The van der Waals surface area contributed by atoms with Gasteiger partial charge in [0, 0.05) is 53.4 Å². The van der Waals surface area contributed by atoms with Gasteiger partial charge in [0.15, 0.2) is 0 Å². The minimum absolute atomic E-state index is 0.931. The molecule has 0 fully saturated rings. The molecule has 0 aliphatic heterocycles. The van der Waals surface area contributed by atoms with Gasteiger partial charge in [-0.2, -0.15) is 0 Å². The van der Waals surface area contributed by atoms with Crippen molar-refractivity contribution < 1.29 is 4.42 Å². The molecule has 0 amide bonds. The Morgan fingerprint density at radius 2 is 1.09 bits per heavy atom. The van der Waals surface area contributed by atoms with E-state index in [0.29, 0.717) is 0 Å². The lowest BCUT2D eigenvalue weighted by atomic mass is 10.0. The fourth-order valence-electron chi connectivity index (χ4n) is 6.44. The van der Waals surface area contributed by atoms with Crippen LogP contribution in [0, 0.1) is 0 Å². The lowest BCUT2D eigenvalue weighted by Gasteiger charge is -2.25. The minimum atomic E-state index is 0.931. The molecule has 0 unspecified atom stereocenters. The molecule has 43 heavy (non-hydrogen) atoms. The van der Waals surface area contributed by atoms with Crippen LogP contribution >= 0.6 is 11.3 Å². The number of anilines is 3. The molecule has 2 nitrogen and oxygen atoms in total. The second kappa shape index (κ2) is 9.59. The first-order valence-electron chi connectivity index (χ1n) is 14.5. The van der Waals surface area contributed by atoms with Gasteiger partial charge in [-0.15, -0.1) is 11.3 Å². The van der Waals surface area contributed by atoms with E-state index in [2.05, 4.69) is 150 Å². The van der Waals surface area contributed by atoms with Gasteiger partial charge in [0.05, 0.1) is 0 Å². The molecule has 0 radical (unpaired) electrons. The van der Waals surface area contributed by atoms with Crippen molar-refractivity contribution in [3.8, 4) is 11.1 Å². The van der Waals surface area contributed by atoms with E-state index in [-0.39, 0.29) is 0 Å². The van der Waals surface area contributed by atoms with Crippen LogP contribution in [0.5, 0.6) is 0 Å². The predicted molar refractivity (Wildman–Crippen MR) is 184 cm³/mol. The number of nitrogens with zero attached hydrogens (tertiary/aromatic N) is 1. The van der Waals surface area contributed by atoms with E-state index < -0.39 is 0 Å². The zero-order valence-corrected chi connectivity index (χ0v) is 24.0. The molecular formula is C40H25NOS. The van der Waals surface area contributed by atoms with Crippen LogP contribution in [0.1, 0.15) is 0 Å². The summed E-state index contributed by atoms with van der Waals surface area (Å²) in [5.41, 5.74) is 7.72. The van der Waals surface area contributed by atoms with Gasteiger partial charge < -0.3 is 9.32 Å². The third-order valence-electron chi connectivity index (χ3n) is 8.45. The van der Waals surface area contributed by atoms with E-state index in [0.717, 1.165) is 33.6 Å². The molecule has 3 heteroatoms. The molecule has 2 aromatic heterocycles. The highest BCUT2D eigenvalue weighted by Gasteiger charge is 2.18. The van der Waals surface area contributed by atoms with Gasteiger partial charge in [0.1, 0.15) is 11.2 Å². The van der Waals surface area contributed by atoms with E-state index in [9.17, 15) is 0 Å². The fourth-order valence-corrected chi connectivity index (χ4v) is 7.59. The molecule has 0 atom stereocenters. The Morgan fingerprint density at radius 3 is 1.93 bits per heavy atom. The van der Waals surface area contributed by atoms with Crippen molar-refractivity contribution in [2.75, 3.05) is 4.90 Å². The lowest BCUT2D eigenvalue weighted by molar-refractivity contribution is 0.673. The Hall–Kier alpha value is -5.38. The van der Waals surface area contributed by atoms with Crippen LogP contribution in [0.3, 0.4) is 0 Å². The summed E-state index contributed by atoms with van der Waals surface area (Å²) in [4.78, 5) is 2.34. The summed E-state index contributed by atoms with van der Waals surface area (Å²) in [6.07, 6.45) is 0. The van der Waals surface area contributed by atoms with Gasteiger partial charge in [-0.1, -0.05) is 97.1 Å². The Bertz CT molecular complexity index is 2440. The second-order valence-corrected chi connectivity index (χ2v) is 12.0. The Labute approximate surface area is 252 Å². The zero-order chi connectivity index (χ0) is 28.3. The number of fused-ring (bicyclic) bond motifs is 9. The monoisotopic (exact) mass is 567 g/mol. The van der Waals surface area contributed by atoms with E-state index in [1.54, 1.807) is 0 Å². The molecule has 0 saturated heterocycles. The summed E-state index contributed by atoms with van der Waals surface area (Å²) in [7, 11) is 0. The average molecular weight is 568 g/mol. The van der Waals surface area contributed by atoms with Crippen molar-refractivity contribution >= 4 is 81.3 Å². The van der Waals surface area contributed by atoms with Crippen molar-refractivity contribution in [2.24, 2.45) is 0 Å². The summed E-state index contributed by atoms with van der Waals surface area (Å²) in [5.74, 6) is 0.